The number of hydrogen-bond donors (Lipinski definition) is 0. The van der Waals surface area contributed by atoms with Crippen molar-refractivity contribution >= 4 is 11.0 Å². The van der Waals surface area contributed by atoms with Crippen LogP contribution in [0.4, 0.5) is 13.2 Å². The van der Waals surface area contributed by atoms with E-state index in [0.29, 0.717) is 12.3 Å². The number of para-hydroxylation sites is 2. The van der Waals surface area contributed by atoms with Gasteiger partial charge in [-0.25, -0.2) is 15.0 Å². The van der Waals surface area contributed by atoms with Crippen LogP contribution in [0.5, 0.6) is 5.88 Å². The highest BCUT2D eigenvalue weighted by atomic mass is 19.4. The van der Waals surface area contributed by atoms with Gasteiger partial charge in [0.25, 0.3) is 0 Å². The van der Waals surface area contributed by atoms with E-state index in [9.17, 15) is 13.2 Å². The number of fused-ring (bicyclic) bond motifs is 1. The highest BCUT2D eigenvalue weighted by molar-refractivity contribution is 5.73. The molecule has 1 atom stereocenters. The molecule has 0 saturated heterocycles. The first-order chi connectivity index (χ1) is 14.4. The summed E-state index contributed by atoms with van der Waals surface area (Å²) in [5, 5.41) is 3.87. The number of halogens is 3. The summed E-state index contributed by atoms with van der Waals surface area (Å²) >= 11 is 0. The van der Waals surface area contributed by atoms with Gasteiger partial charge >= 0.3 is 6.18 Å². The SMILES string of the molecule is CC(Cc1cnc2ccccc2n1)c1nc(-c2cnc(OCC(F)(F)F)cn2)no1. The lowest BCUT2D eigenvalue weighted by atomic mass is 10.1. The molecule has 3 aromatic heterocycles. The topological polar surface area (TPSA) is 99.7 Å². The first kappa shape index (κ1) is 19.7. The second-order valence-electron chi connectivity index (χ2n) is 6.56. The van der Waals surface area contributed by atoms with E-state index in [-0.39, 0.29) is 23.3 Å². The molecule has 30 heavy (non-hydrogen) atoms. The van der Waals surface area contributed by atoms with Crippen molar-refractivity contribution in [2.45, 2.75) is 25.4 Å². The summed E-state index contributed by atoms with van der Waals surface area (Å²) in [5.74, 6) is 0.169. The summed E-state index contributed by atoms with van der Waals surface area (Å²) in [6, 6.07) is 7.58. The molecule has 0 aliphatic rings. The molecular formula is C19H15F3N6O2. The summed E-state index contributed by atoms with van der Waals surface area (Å²) < 4.78 is 46.4. The first-order valence-corrected chi connectivity index (χ1v) is 8.93. The Morgan fingerprint density at radius 3 is 2.53 bits per heavy atom. The van der Waals surface area contributed by atoms with Crippen LogP contribution in [0.25, 0.3) is 22.6 Å². The van der Waals surface area contributed by atoms with Crippen molar-refractivity contribution in [3.8, 4) is 17.4 Å². The fraction of sp³-hybridized carbons (Fsp3) is 0.263. The van der Waals surface area contributed by atoms with Gasteiger partial charge in [0.15, 0.2) is 6.61 Å². The zero-order chi connectivity index (χ0) is 21.1. The van der Waals surface area contributed by atoms with Gasteiger partial charge in [0.1, 0.15) is 5.69 Å². The Hall–Kier alpha value is -3.63. The third-order valence-electron chi connectivity index (χ3n) is 4.12. The van der Waals surface area contributed by atoms with Gasteiger partial charge in [0.05, 0.1) is 29.1 Å². The third-order valence-corrected chi connectivity index (χ3v) is 4.12. The Morgan fingerprint density at radius 2 is 1.80 bits per heavy atom. The van der Waals surface area contributed by atoms with Crippen LogP contribution in [-0.2, 0) is 6.42 Å². The van der Waals surface area contributed by atoms with Gasteiger partial charge in [0, 0.05) is 18.5 Å². The van der Waals surface area contributed by atoms with Gasteiger partial charge < -0.3 is 9.26 Å². The molecule has 0 fully saturated rings. The normalized spacial score (nSPS) is 12.8. The number of alkyl halides is 3. The fourth-order valence-corrected chi connectivity index (χ4v) is 2.70. The van der Waals surface area contributed by atoms with Crippen LogP contribution in [0.15, 0.2) is 47.4 Å². The number of aromatic nitrogens is 6. The van der Waals surface area contributed by atoms with E-state index in [0.717, 1.165) is 22.9 Å². The van der Waals surface area contributed by atoms with Crippen molar-refractivity contribution < 1.29 is 22.4 Å². The highest BCUT2D eigenvalue weighted by Gasteiger charge is 2.28. The average molecular weight is 416 g/mol. The maximum Gasteiger partial charge on any atom is 0.422 e. The van der Waals surface area contributed by atoms with Gasteiger partial charge in [0.2, 0.25) is 17.6 Å². The lowest BCUT2D eigenvalue weighted by molar-refractivity contribution is -0.154. The number of rotatable bonds is 6. The van der Waals surface area contributed by atoms with E-state index >= 15 is 0 Å². The lowest BCUT2D eigenvalue weighted by Crippen LogP contribution is -2.19. The average Bonchev–Trinajstić information content (AvgIpc) is 3.22. The van der Waals surface area contributed by atoms with Gasteiger partial charge in [-0.3, -0.25) is 4.98 Å². The van der Waals surface area contributed by atoms with E-state index in [1.165, 1.54) is 6.20 Å². The molecule has 11 heteroatoms. The van der Waals surface area contributed by atoms with Crippen LogP contribution < -0.4 is 4.74 Å². The van der Waals surface area contributed by atoms with Crippen LogP contribution in [0.3, 0.4) is 0 Å². The van der Waals surface area contributed by atoms with E-state index < -0.39 is 12.8 Å². The summed E-state index contributed by atoms with van der Waals surface area (Å²) in [4.78, 5) is 21.0. The van der Waals surface area contributed by atoms with Crippen LogP contribution >= 0.6 is 0 Å². The van der Waals surface area contributed by atoms with Crippen molar-refractivity contribution in [2.75, 3.05) is 6.61 Å². The van der Waals surface area contributed by atoms with E-state index in [2.05, 4.69) is 34.8 Å². The van der Waals surface area contributed by atoms with Crippen LogP contribution in [-0.4, -0.2) is 42.9 Å². The number of ether oxygens (including phenoxy) is 1. The van der Waals surface area contributed by atoms with E-state index in [1.807, 2.05) is 31.2 Å². The van der Waals surface area contributed by atoms with Gasteiger partial charge in [-0.2, -0.15) is 18.2 Å². The third kappa shape index (κ3) is 4.67. The minimum atomic E-state index is -4.45. The van der Waals surface area contributed by atoms with E-state index in [4.69, 9.17) is 4.52 Å². The Labute approximate surface area is 168 Å². The lowest BCUT2D eigenvalue weighted by Gasteiger charge is -2.07. The molecule has 8 nitrogen and oxygen atoms in total. The molecule has 0 saturated carbocycles. The molecule has 1 aromatic carbocycles. The molecule has 154 valence electrons. The Morgan fingerprint density at radius 1 is 1.00 bits per heavy atom. The largest absolute Gasteiger partial charge is 0.467 e. The molecular weight excluding hydrogens is 401 g/mol. The molecule has 3 heterocycles. The van der Waals surface area contributed by atoms with Crippen LogP contribution in [0.1, 0.15) is 24.4 Å². The fourth-order valence-electron chi connectivity index (χ4n) is 2.70. The molecule has 0 aliphatic heterocycles. The summed E-state index contributed by atoms with van der Waals surface area (Å²) in [6.45, 7) is 0.469. The number of nitrogens with zero attached hydrogens (tertiary/aromatic N) is 6. The molecule has 0 amide bonds. The van der Waals surface area contributed by atoms with Crippen LogP contribution in [0.2, 0.25) is 0 Å². The van der Waals surface area contributed by atoms with Gasteiger partial charge in [-0.1, -0.05) is 24.2 Å². The van der Waals surface area contributed by atoms with Gasteiger partial charge in [-0.05, 0) is 12.1 Å². The van der Waals surface area contributed by atoms with Gasteiger partial charge in [-0.15, -0.1) is 0 Å². The first-order valence-electron chi connectivity index (χ1n) is 8.93. The second-order valence-corrected chi connectivity index (χ2v) is 6.56. The summed E-state index contributed by atoms with van der Waals surface area (Å²) in [6.07, 6.45) is 0.0934. The van der Waals surface area contributed by atoms with Crippen molar-refractivity contribution in [3.63, 3.8) is 0 Å². The van der Waals surface area contributed by atoms with Crippen molar-refractivity contribution in [3.05, 3.63) is 54.4 Å². The number of hydrogen-bond acceptors (Lipinski definition) is 8. The number of benzene rings is 1. The van der Waals surface area contributed by atoms with Crippen molar-refractivity contribution in [1.29, 1.82) is 0 Å². The summed E-state index contributed by atoms with van der Waals surface area (Å²) in [7, 11) is 0. The maximum absolute atomic E-state index is 12.2. The Balaban J connectivity index is 1.43. The van der Waals surface area contributed by atoms with Crippen molar-refractivity contribution in [1.82, 2.24) is 30.1 Å². The smallest absolute Gasteiger partial charge is 0.422 e. The Bertz CT molecular complexity index is 1150. The predicted octanol–water partition coefficient (Wildman–Crippen LogP) is 3.76. The maximum atomic E-state index is 12.2. The monoisotopic (exact) mass is 416 g/mol. The molecule has 0 radical (unpaired) electrons. The minimum absolute atomic E-state index is 0.135. The Kier molecular flexibility index (Phi) is 5.25. The van der Waals surface area contributed by atoms with Crippen LogP contribution in [0, 0.1) is 0 Å². The zero-order valence-electron chi connectivity index (χ0n) is 15.7. The summed E-state index contributed by atoms with van der Waals surface area (Å²) in [5.41, 5.74) is 2.65. The standard InChI is InChI=1S/C19H15F3N6O2/c1-11(6-12-7-23-13-4-2-3-5-14(13)26-12)18-27-17(28-30-18)15-8-25-16(9-24-15)29-10-19(20,21)22/h2-5,7-9,11H,6,10H2,1H3. The molecule has 4 rings (SSSR count). The molecule has 0 bridgehead atoms. The molecule has 0 aliphatic carbocycles. The molecule has 1 unspecified atom stereocenters. The van der Waals surface area contributed by atoms with Crippen molar-refractivity contribution in [2.24, 2.45) is 0 Å². The van der Waals surface area contributed by atoms with E-state index in [1.54, 1.807) is 6.20 Å². The zero-order valence-corrected chi connectivity index (χ0v) is 15.7. The predicted molar refractivity (Wildman–Crippen MR) is 98.5 cm³/mol. The minimum Gasteiger partial charge on any atom is -0.467 e. The quantitative estimate of drug-likeness (QED) is 0.469. The molecule has 0 spiro atoms. The highest BCUT2D eigenvalue weighted by Crippen LogP contribution is 2.22. The molecule has 0 N–H and O–H groups in total. The second kappa shape index (κ2) is 8.01. The molecule has 4 aromatic rings.